The van der Waals surface area contributed by atoms with Gasteiger partial charge in [0.1, 0.15) is 23.1 Å². The molecule has 0 heterocycles. The Morgan fingerprint density at radius 3 is 2.29 bits per heavy atom. The summed E-state index contributed by atoms with van der Waals surface area (Å²) in [5.74, 6) is 1.43. The Balaban J connectivity index is 2.02. The Morgan fingerprint density at radius 2 is 1.71 bits per heavy atom. The number of nitro benzene ring substituents is 1. The van der Waals surface area contributed by atoms with E-state index in [0.29, 0.717) is 17.9 Å². The van der Waals surface area contributed by atoms with Crippen molar-refractivity contribution in [3.8, 4) is 11.5 Å². The first-order valence-electron chi connectivity index (χ1n) is 6.38. The number of nitrogens with zero attached hydrogens (tertiary/aromatic N) is 1. The minimum atomic E-state index is -0.511. The summed E-state index contributed by atoms with van der Waals surface area (Å²) in [6.07, 6.45) is 0. The molecule has 0 N–H and O–H groups in total. The van der Waals surface area contributed by atoms with Gasteiger partial charge < -0.3 is 9.47 Å². The van der Waals surface area contributed by atoms with Crippen molar-refractivity contribution < 1.29 is 14.4 Å². The van der Waals surface area contributed by atoms with E-state index in [1.165, 1.54) is 12.1 Å². The summed E-state index contributed by atoms with van der Waals surface area (Å²) >= 11 is 5.76. The monoisotopic (exact) mass is 307 g/mol. The zero-order valence-corrected chi connectivity index (χ0v) is 12.2. The Hall–Kier alpha value is -2.27. The number of rotatable bonds is 6. The second-order valence-electron chi connectivity index (χ2n) is 4.24. The van der Waals surface area contributed by atoms with Gasteiger partial charge in [0.25, 0.3) is 5.69 Å². The van der Waals surface area contributed by atoms with Crippen LogP contribution in [0.1, 0.15) is 12.5 Å². The molecule has 0 aliphatic carbocycles. The second-order valence-corrected chi connectivity index (χ2v) is 4.64. The van der Waals surface area contributed by atoms with Gasteiger partial charge in [0.2, 0.25) is 0 Å². The van der Waals surface area contributed by atoms with Crippen molar-refractivity contribution in [2.45, 2.75) is 13.5 Å². The fourth-order valence-electron chi connectivity index (χ4n) is 1.75. The summed E-state index contributed by atoms with van der Waals surface area (Å²) in [7, 11) is 0. The second kappa shape index (κ2) is 6.95. The van der Waals surface area contributed by atoms with Gasteiger partial charge in [0.05, 0.1) is 11.5 Å². The first kappa shape index (κ1) is 15.1. The van der Waals surface area contributed by atoms with E-state index in [0.717, 1.165) is 5.75 Å². The molecule has 0 aliphatic heterocycles. The first-order valence-corrected chi connectivity index (χ1v) is 6.76. The van der Waals surface area contributed by atoms with Crippen LogP contribution in [0, 0.1) is 10.1 Å². The van der Waals surface area contributed by atoms with Crippen LogP contribution >= 0.6 is 11.6 Å². The van der Waals surface area contributed by atoms with E-state index in [4.69, 9.17) is 21.1 Å². The zero-order valence-electron chi connectivity index (χ0n) is 11.4. The molecule has 21 heavy (non-hydrogen) atoms. The number of hydrogen-bond acceptors (Lipinski definition) is 4. The van der Waals surface area contributed by atoms with Crippen molar-refractivity contribution in [3.05, 3.63) is 63.2 Å². The van der Waals surface area contributed by atoms with Crippen molar-refractivity contribution in [1.82, 2.24) is 0 Å². The standard InChI is InChI=1S/C15H14ClNO4/c1-2-20-12-4-6-13(7-5-12)21-10-11-3-8-14(16)15(9-11)17(18)19/h3-9H,2,10H2,1H3. The summed E-state index contributed by atoms with van der Waals surface area (Å²) in [5, 5.41) is 10.9. The van der Waals surface area contributed by atoms with E-state index in [1.807, 2.05) is 19.1 Å². The molecule has 0 saturated carbocycles. The number of benzene rings is 2. The smallest absolute Gasteiger partial charge is 0.288 e. The fraction of sp³-hybridized carbons (Fsp3) is 0.200. The van der Waals surface area contributed by atoms with E-state index in [1.54, 1.807) is 18.2 Å². The predicted molar refractivity (Wildman–Crippen MR) is 80.0 cm³/mol. The van der Waals surface area contributed by atoms with Crippen LogP contribution in [0.15, 0.2) is 42.5 Å². The van der Waals surface area contributed by atoms with Gasteiger partial charge in [-0.1, -0.05) is 17.7 Å². The molecule has 0 bridgehead atoms. The Kier molecular flexibility index (Phi) is 5.00. The molecule has 2 aromatic rings. The van der Waals surface area contributed by atoms with Gasteiger partial charge in [-0.25, -0.2) is 0 Å². The number of halogens is 1. The lowest BCUT2D eigenvalue weighted by molar-refractivity contribution is -0.384. The Morgan fingerprint density at radius 1 is 1.10 bits per heavy atom. The largest absolute Gasteiger partial charge is 0.494 e. The minimum absolute atomic E-state index is 0.116. The maximum atomic E-state index is 10.8. The summed E-state index contributed by atoms with van der Waals surface area (Å²) < 4.78 is 10.9. The summed E-state index contributed by atoms with van der Waals surface area (Å²) in [6, 6.07) is 11.8. The highest BCUT2D eigenvalue weighted by atomic mass is 35.5. The van der Waals surface area contributed by atoms with E-state index in [9.17, 15) is 10.1 Å². The van der Waals surface area contributed by atoms with Gasteiger partial charge >= 0.3 is 0 Å². The van der Waals surface area contributed by atoms with Gasteiger partial charge in [-0.15, -0.1) is 0 Å². The van der Waals surface area contributed by atoms with Crippen LogP contribution in [0.2, 0.25) is 5.02 Å². The lowest BCUT2D eigenvalue weighted by Crippen LogP contribution is -1.98. The molecule has 2 rings (SSSR count). The van der Waals surface area contributed by atoms with Gasteiger partial charge in [-0.05, 0) is 42.8 Å². The van der Waals surface area contributed by atoms with E-state index < -0.39 is 4.92 Å². The highest BCUT2D eigenvalue weighted by molar-refractivity contribution is 6.32. The lowest BCUT2D eigenvalue weighted by Gasteiger charge is -2.08. The molecule has 0 amide bonds. The third-order valence-corrected chi connectivity index (χ3v) is 3.07. The molecule has 5 nitrogen and oxygen atoms in total. The van der Waals surface area contributed by atoms with Gasteiger partial charge in [-0.2, -0.15) is 0 Å². The molecule has 110 valence electrons. The Labute approximate surface area is 127 Å². The number of nitro groups is 1. The van der Waals surface area contributed by atoms with Gasteiger partial charge in [-0.3, -0.25) is 10.1 Å². The Bertz CT molecular complexity index is 628. The average molecular weight is 308 g/mol. The van der Waals surface area contributed by atoms with Crippen molar-refractivity contribution in [3.63, 3.8) is 0 Å². The molecule has 0 spiro atoms. The van der Waals surface area contributed by atoms with Gasteiger partial charge in [0, 0.05) is 6.07 Å². The van der Waals surface area contributed by atoms with Crippen molar-refractivity contribution >= 4 is 17.3 Å². The molecule has 0 atom stereocenters. The van der Waals surface area contributed by atoms with Crippen molar-refractivity contribution in [2.24, 2.45) is 0 Å². The fourth-order valence-corrected chi connectivity index (χ4v) is 1.94. The van der Waals surface area contributed by atoms with Crippen LogP contribution in [-0.4, -0.2) is 11.5 Å². The summed E-state index contributed by atoms with van der Waals surface area (Å²) in [6.45, 7) is 2.75. The maximum absolute atomic E-state index is 10.8. The topological polar surface area (TPSA) is 61.6 Å². The zero-order chi connectivity index (χ0) is 15.2. The highest BCUT2D eigenvalue weighted by Crippen LogP contribution is 2.26. The molecule has 2 aromatic carbocycles. The molecular formula is C15H14ClNO4. The molecule has 6 heteroatoms. The molecule has 0 aliphatic rings. The predicted octanol–water partition coefficient (Wildman–Crippen LogP) is 4.23. The van der Waals surface area contributed by atoms with Crippen LogP contribution in [0.5, 0.6) is 11.5 Å². The third-order valence-electron chi connectivity index (χ3n) is 2.75. The molecule has 0 radical (unpaired) electrons. The molecule has 0 unspecified atom stereocenters. The van der Waals surface area contributed by atoms with Crippen LogP contribution in [0.4, 0.5) is 5.69 Å². The van der Waals surface area contributed by atoms with E-state index in [2.05, 4.69) is 0 Å². The van der Waals surface area contributed by atoms with Crippen LogP contribution in [0.3, 0.4) is 0 Å². The summed E-state index contributed by atoms with van der Waals surface area (Å²) in [4.78, 5) is 10.3. The maximum Gasteiger partial charge on any atom is 0.288 e. The van der Waals surface area contributed by atoms with Crippen molar-refractivity contribution in [2.75, 3.05) is 6.61 Å². The van der Waals surface area contributed by atoms with E-state index >= 15 is 0 Å². The van der Waals surface area contributed by atoms with Crippen LogP contribution in [0.25, 0.3) is 0 Å². The number of hydrogen-bond donors (Lipinski definition) is 0. The SMILES string of the molecule is CCOc1ccc(OCc2ccc(Cl)c([N+](=O)[O-])c2)cc1. The van der Waals surface area contributed by atoms with Gasteiger partial charge in [0.15, 0.2) is 0 Å². The normalized spacial score (nSPS) is 10.2. The van der Waals surface area contributed by atoms with Crippen molar-refractivity contribution in [1.29, 1.82) is 0 Å². The molecular weight excluding hydrogens is 294 g/mol. The third kappa shape index (κ3) is 4.10. The molecule has 0 saturated heterocycles. The quantitative estimate of drug-likeness (QED) is 0.592. The minimum Gasteiger partial charge on any atom is -0.494 e. The number of ether oxygens (including phenoxy) is 2. The summed E-state index contributed by atoms with van der Waals surface area (Å²) in [5.41, 5.74) is 0.560. The molecule has 0 fully saturated rings. The average Bonchev–Trinajstić information content (AvgIpc) is 2.48. The first-order chi connectivity index (χ1) is 10.1. The highest BCUT2D eigenvalue weighted by Gasteiger charge is 2.12. The van der Waals surface area contributed by atoms with E-state index in [-0.39, 0.29) is 17.3 Å². The van der Waals surface area contributed by atoms with Crippen LogP contribution in [-0.2, 0) is 6.61 Å². The molecule has 0 aromatic heterocycles. The van der Waals surface area contributed by atoms with Crippen LogP contribution < -0.4 is 9.47 Å². The lowest BCUT2D eigenvalue weighted by atomic mass is 10.2.